The Kier molecular flexibility index (Phi) is 4.99. The van der Waals surface area contributed by atoms with E-state index in [0.29, 0.717) is 0 Å². The van der Waals surface area contributed by atoms with Crippen LogP contribution >= 0.6 is 0 Å². The van der Waals surface area contributed by atoms with Crippen LogP contribution in [-0.4, -0.2) is 11.8 Å². The molecule has 0 heterocycles. The molecule has 23 heavy (non-hydrogen) atoms. The van der Waals surface area contributed by atoms with E-state index >= 15 is 0 Å². The number of carbonyl (C=O) groups excluding carboxylic acids is 2. The van der Waals surface area contributed by atoms with Crippen LogP contribution in [0.3, 0.4) is 0 Å². The molecule has 2 N–H and O–H groups in total. The van der Waals surface area contributed by atoms with Crippen molar-refractivity contribution >= 4 is 23.2 Å². The largest absolute Gasteiger partial charge is 0.324 e. The van der Waals surface area contributed by atoms with Crippen LogP contribution in [0.25, 0.3) is 0 Å². The zero-order valence-corrected chi connectivity index (χ0v) is 13.9. The van der Waals surface area contributed by atoms with E-state index in [4.69, 9.17) is 0 Å². The number of aryl methyl sites for hydroxylation is 1. The van der Waals surface area contributed by atoms with Gasteiger partial charge in [0, 0.05) is 11.8 Å². The highest BCUT2D eigenvalue weighted by molar-refractivity contribution is 6.01. The van der Waals surface area contributed by atoms with E-state index in [9.17, 15) is 9.59 Å². The van der Waals surface area contributed by atoms with Gasteiger partial charge in [0.15, 0.2) is 0 Å². The molecule has 4 nitrogen and oxygen atoms in total. The molecule has 4 heteroatoms. The van der Waals surface area contributed by atoms with Gasteiger partial charge in [-0.25, -0.2) is 0 Å². The summed E-state index contributed by atoms with van der Waals surface area (Å²) in [5, 5.41) is 6.06. The van der Waals surface area contributed by atoms with Gasteiger partial charge in [-0.1, -0.05) is 31.7 Å². The Balaban J connectivity index is 1.71. The molecule has 0 saturated heterocycles. The minimum Gasteiger partial charge on any atom is -0.324 e. The highest BCUT2D eigenvalue weighted by Crippen LogP contribution is 2.30. The van der Waals surface area contributed by atoms with Crippen LogP contribution in [-0.2, 0) is 9.59 Å². The van der Waals surface area contributed by atoms with Crippen LogP contribution in [0.5, 0.6) is 0 Å². The Morgan fingerprint density at radius 3 is 1.83 bits per heavy atom. The summed E-state index contributed by atoms with van der Waals surface area (Å²) in [6.07, 6.45) is 8.44. The van der Waals surface area contributed by atoms with Gasteiger partial charge in [0.1, 0.15) is 0 Å². The molecule has 0 bridgehead atoms. The summed E-state index contributed by atoms with van der Waals surface area (Å²) in [5.41, 5.74) is 2.53. The van der Waals surface area contributed by atoms with Crippen molar-refractivity contribution in [2.45, 2.75) is 58.3 Å². The van der Waals surface area contributed by atoms with Crippen LogP contribution in [0.15, 0.2) is 18.2 Å². The van der Waals surface area contributed by atoms with Gasteiger partial charge in [-0.05, 0) is 50.3 Å². The standard InChI is InChI=1S/C19H26N2O2/c1-13-10-11-16(20-18(22)14-6-2-3-7-14)17(12-13)21-19(23)15-8-4-5-9-15/h10-12,14-15H,2-9H2,1H3,(H,20,22)(H,21,23). The number of rotatable bonds is 4. The molecule has 2 aliphatic rings. The van der Waals surface area contributed by atoms with Gasteiger partial charge in [-0.3, -0.25) is 9.59 Å². The van der Waals surface area contributed by atoms with Crippen LogP contribution < -0.4 is 10.6 Å². The molecule has 1 aromatic rings. The quantitative estimate of drug-likeness (QED) is 0.872. The molecule has 124 valence electrons. The van der Waals surface area contributed by atoms with Crippen LogP contribution in [0, 0.1) is 18.8 Å². The van der Waals surface area contributed by atoms with Crippen molar-refractivity contribution in [1.82, 2.24) is 0 Å². The summed E-state index contributed by atoms with van der Waals surface area (Å²) in [6.45, 7) is 1.99. The van der Waals surface area contributed by atoms with Crippen LogP contribution in [0.1, 0.15) is 56.9 Å². The smallest absolute Gasteiger partial charge is 0.227 e. The molecule has 3 rings (SSSR count). The molecular formula is C19H26N2O2. The monoisotopic (exact) mass is 314 g/mol. The lowest BCUT2D eigenvalue weighted by molar-refractivity contribution is -0.120. The fraction of sp³-hybridized carbons (Fsp3) is 0.579. The van der Waals surface area contributed by atoms with Crippen molar-refractivity contribution in [3.05, 3.63) is 23.8 Å². The second kappa shape index (κ2) is 7.16. The van der Waals surface area contributed by atoms with Crippen molar-refractivity contribution in [2.24, 2.45) is 11.8 Å². The van der Waals surface area contributed by atoms with Gasteiger partial charge in [0.2, 0.25) is 11.8 Å². The SMILES string of the molecule is Cc1ccc(NC(=O)C2CCCC2)c(NC(=O)C2CCCC2)c1. The molecule has 2 saturated carbocycles. The third-order valence-corrected chi connectivity index (χ3v) is 5.14. The van der Waals surface area contributed by atoms with E-state index in [1.54, 1.807) is 0 Å². The number of hydrogen-bond acceptors (Lipinski definition) is 2. The number of hydrogen-bond donors (Lipinski definition) is 2. The zero-order chi connectivity index (χ0) is 16.2. The van der Waals surface area contributed by atoms with Crippen molar-refractivity contribution in [1.29, 1.82) is 0 Å². The van der Waals surface area contributed by atoms with Crippen LogP contribution in [0.2, 0.25) is 0 Å². The summed E-state index contributed by atoms with van der Waals surface area (Å²) in [4.78, 5) is 24.8. The molecule has 2 aliphatic carbocycles. The molecule has 0 radical (unpaired) electrons. The minimum absolute atomic E-state index is 0.0859. The normalized spacial score (nSPS) is 19.0. The molecule has 0 unspecified atom stereocenters. The number of amides is 2. The third kappa shape index (κ3) is 3.92. The molecule has 0 aliphatic heterocycles. The first-order valence-corrected chi connectivity index (χ1v) is 8.86. The van der Waals surface area contributed by atoms with E-state index in [1.807, 2.05) is 25.1 Å². The Labute approximate surface area is 138 Å². The van der Waals surface area contributed by atoms with Gasteiger partial charge in [0.05, 0.1) is 11.4 Å². The first kappa shape index (κ1) is 16.0. The molecule has 2 fully saturated rings. The van der Waals surface area contributed by atoms with Crippen molar-refractivity contribution < 1.29 is 9.59 Å². The third-order valence-electron chi connectivity index (χ3n) is 5.14. The summed E-state index contributed by atoms with van der Waals surface area (Å²) < 4.78 is 0. The highest BCUT2D eigenvalue weighted by atomic mass is 16.2. The lowest BCUT2D eigenvalue weighted by Crippen LogP contribution is -2.24. The first-order valence-electron chi connectivity index (χ1n) is 8.86. The summed E-state index contributed by atoms with van der Waals surface area (Å²) >= 11 is 0. The molecule has 0 atom stereocenters. The van der Waals surface area contributed by atoms with E-state index in [0.717, 1.165) is 68.3 Å². The lowest BCUT2D eigenvalue weighted by atomic mass is 10.1. The second-order valence-electron chi connectivity index (χ2n) is 6.99. The molecule has 2 amide bonds. The maximum Gasteiger partial charge on any atom is 0.227 e. The molecule has 0 aromatic heterocycles. The zero-order valence-electron chi connectivity index (χ0n) is 13.9. The maximum atomic E-state index is 12.4. The van der Waals surface area contributed by atoms with Gasteiger partial charge >= 0.3 is 0 Å². The Morgan fingerprint density at radius 1 is 0.826 bits per heavy atom. The summed E-state index contributed by atoms with van der Waals surface area (Å²) in [7, 11) is 0. The number of carbonyl (C=O) groups is 2. The average molecular weight is 314 g/mol. The van der Waals surface area contributed by atoms with E-state index in [-0.39, 0.29) is 23.7 Å². The van der Waals surface area contributed by atoms with Gasteiger partial charge < -0.3 is 10.6 Å². The number of nitrogens with one attached hydrogen (secondary N) is 2. The number of benzene rings is 1. The van der Waals surface area contributed by atoms with Crippen molar-refractivity contribution in [3.8, 4) is 0 Å². The summed E-state index contributed by atoms with van der Waals surface area (Å²) in [5.74, 6) is 0.413. The van der Waals surface area contributed by atoms with Gasteiger partial charge in [-0.2, -0.15) is 0 Å². The average Bonchev–Trinajstić information content (AvgIpc) is 3.23. The van der Waals surface area contributed by atoms with Gasteiger partial charge in [-0.15, -0.1) is 0 Å². The van der Waals surface area contributed by atoms with E-state index < -0.39 is 0 Å². The van der Waals surface area contributed by atoms with Gasteiger partial charge in [0.25, 0.3) is 0 Å². The van der Waals surface area contributed by atoms with E-state index in [1.165, 1.54) is 0 Å². The Morgan fingerprint density at radius 2 is 1.30 bits per heavy atom. The Bertz CT molecular complexity index is 585. The minimum atomic E-state index is 0.0859. The molecule has 1 aromatic carbocycles. The fourth-order valence-electron chi connectivity index (χ4n) is 3.72. The van der Waals surface area contributed by atoms with E-state index in [2.05, 4.69) is 10.6 Å². The predicted octanol–water partition coefficient (Wildman–Crippen LogP) is 4.25. The predicted molar refractivity (Wildman–Crippen MR) is 92.4 cm³/mol. The van der Waals surface area contributed by atoms with Crippen molar-refractivity contribution in [2.75, 3.05) is 10.6 Å². The Hall–Kier alpha value is -1.84. The topological polar surface area (TPSA) is 58.2 Å². The second-order valence-corrected chi connectivity index (χ2v) is 6.99. The van der Waals surface area contributed by atoms with Crippen LogP contribution in [0.4, 0.5) is 11.4 Å². The summed E-state index contributed by atoms with van der Waals surface area (Å²) in [6, 6.07) is 5.80. The van der Waals surface area contributed by atoms with Crippen molar-refractivity contribution in [3.63, 3.8) is 0 Å². The fourth-order valence-corrected chi connectivity index (χ4v) is 3.72. The highest BCUT2D eigenvalue weighted by Gasteiger charge is 2.25. The first-order chi connectivity index (χ1) is 11.1. The molecule has 0 spiro atoms. The maximum absolute atomic E-state index is 12.4. The number of anilines is 2. The molecular weight excluding hydrogens is 288 g/mol. The lowest BCUT2D eigenvalue weighted by Gasteiger charge is -2.17.